The van der Waals surface area contributed by atoms with Crippen molar-refractivity contribution in [2.45, 2.75) is 13.8 Å². The second kappa shape index (κ2) is 8.06. The van der Waals surface area contributed by atoms with Gasteiger partial charge in [-0.3, -0.25) is 9.69 Å². The van der Waals surface area contributed by atoms with Gasteiger partial charge in [-0.2, -0.15) is 0 Å². The Labute approximate surface area is 158 Å². The molecule has 1 amide bonds. The van der Waals surface area contributed by atoms with Crippen molar-refractivity contribution in [3.63, 3.8) is 0 Å². The SMILES string of the molecule is Cc1cc(C)c(NC(=O)CN2CCN(c3ccc(F)cc3)CC2)c(Cl)c1. The van der Waals surface area contributed by atoms with Crippen molar-refractivity contribution in [1.29, 1.82) is 0 Å². The van der Waals surface area contributed by atoms with Gasteiger partial charge >= 0.3 is 0 Å². The molecule has 0 aliphatic carbocycles. The van der Waals surface area contributed by atoms with Crippen LogP contribution in [0.5, 0.6) is 0 Å². The number of carbonyl (C=O) groups excluding carboxylic acids is 1. The zero-order valence-electron chi connectivity index (χ0n) is 15.1. The highest BCUT2D eigenvalue weighted by molar-refractivity contribution is 6.34. The van der Waals surface area contributed by atoms with Crippen molar-refractivity contribution in [3.05, 3.63) is 58.4 Å². The zero-order chi connectivity index (χ0) is 18.7. The van der Waals surface area contributed by atoms with Gasteiger partial charge in [-0.05, 0) is 55.3 Å². The molecule has 1 aliphatic rings. The van der Waals surface area contributed by atoms with Gasteiger partial charge in [0.15, 0.2) is 0 Å². The van der Waals surface area contributed by atoms with Crippen molar-refractivity contribution >= 4 is 28.9 Å². The van der Waals surface area contributed by atoms with E-state index in [1.165, 1.54) is 12.1 Å². The molecule has 1 saturated heterocycles. The Balaban J connectivity index is 1.53. The number of hydrogen-bond donors (Lipinski definition) is 1. The first-order valence-corrected chi connectivity index (χ1v) is 9.09. The van der Waals surface area contributed by atoms with Crippen LogP contribution in [0, 0.1) is 19.7 Å². The van der Waals surface area contributed by atoms with E-state index in [9.17, 15) is 9.18 Å². The molecule has 0 unspecified atom stereocenters. The van der Waals surface area contributed by atoms with Crippen molar-refractivity contribution in [2.75, 3.05) is 42.9 Å². The van der Waals surface area contributed by atoms with Gasteiger partial charge in [-0.15, -0.1) is 0 Å². The van der Waals surface area contributed by atoms with Gasteiger partial charge < -0.3 is 10.2 Å². The first-order chi connectivity index (χ1) is 12.4. The van der Waals surface area contributed by atoms with E-state index >= 15 is 0 Å². The number of rotatable bonds is 4. The number of nitrogens with one attached hydrogen (secondary N) is 1. The highest BCUT2D eigenvalue weighted by Gasteiger charge is 2.20. The fraction of sp³-hybridized carbons (Fsp3) is 0.350. The maximum absolute atomic E-state index is 13.0. The molecule has 2 aromatic rings. The van der Waals surface area contributed by atoms with Gasteiger partial charge in [0, 0.05) is 31.9 Å². The van der Waals surface area contributed by atoms with Crippen LogP contribution >= 0.6 is 11.6 Å². The predicted molar refractivity (Wildman–Crippen MR) is 105 cm³/mol. The Morgan fingerprint density at radius 2 is 1.77 bits per heavy atom. The van der Waals surface area contributed by atoms with Crippen LogP contribution in [0.3, 0.4) is 0 Å². The number of amides is 1. The summed E-state index contributed by atoms with van der Waals surface area (Å²) in [4.78, 5) is 16.7. The molecule has 138 valence electrons. The Kier molecular flexibility index (Phi) is 5.79. The fourth-order valence-corrected chi connectivity index (χ4v) is 3.64. The number of halogens is 2. The molecular formula is C20H23ClFN3O. The lowest BCUT2D eigenvalue weighted by Crippen LogP contribution is -2.48. The molecule has 0 spiro atoms. The third-order valence-electron chi connectivity index (χ3n) is 4.63. The molecule has 0 radical (unpaired) electrons. The van der Waals surface area contributed by atoms with E-state index in [0.717, 1.165) is 43.0 Å². The summed E-state index contributed by atoms with van der Waals surface area (Å²) < 4.78 is 13.0. The van der Waals surface area contributed by atoms with Crippen LogP contribution in [0.1, 0.15) is 11.1 Å². The average Bonchev–Trinajstić information content (AvgIpc) is 2.59. The smallest absolute Gasteiger partial charge is 0.238 e. The molecule has 4 nitrogen and oxygen atoms in total. The summed E-state index contributed by atoms with van der Waals surface area (Å²) in [6, 6.07) is 10.4. The molecule has 0 atom stereocenters. The Morgan fingerprint density at radius 1 is 1.12 bits per heavy atom. The molecule has 1 heterocycles. The molecule has 6 heteroatoms. The highest BCUT2D eigenvalue weighted by atomic mass is 35.5. The summed E-state index contributed by atoms with van der Waals surface area (Å²) in [7, 11) is 0. The second-order valence-corrected chi connectivity index (χ2v) is 7.13. The van der Waals surface area contributed by atoms with Crippen molar-refractivity contribution in [2.24, 2.45) is 0 Å². The summed E-state index contributed by atoms with van der Waals surface area (Å²) >= 11 is 6.26. The van der Waals surface area contributed by atoms with Gasteiger partial charge in [-0.1, -0.05) is 17.7 Å². The third kappa shape index (κ3) is 4.54. The number of anilines is 2. The Morgan fingerprint density at radius 3 is 2.38 bits per heavy atom. The second-order valence-electron chi connectivity index (χ2n) is 6.73. The number of piperazine rings is 1. The summed E-state index contributed by atoms with van der Waals surface area (Å²) in [5.74, 6) is -0.289. The summed E-state index contributed by atoms with van der Waals surface area (Å²) in [5, 5.41) is 3.50. The molecule has 0 bridgehead atoms. The van der Waals surface area contributed by atoms with E-state index in [-0.39, 0.29) is 11.7 Å². The maximum atomic E-state index is 13.0. The molecule has 1 fully saturated rings. The molecule has 0 saturated carbocycles. The molecule has 1 N–H and O–H groups in total. The highest BCUT2D eigenvalue weighted by Crippen LogP contribution is 2.27. The number of carbonyl (C=O) groups is 1. The standard InChI is InChI=1S/C20H23ClFN3O/c1-14-11-15(2)20(18(21)12-14)23-19(26)13-24-7-9-25(10-8-24)17-5-3-16(22)4-6-17/h3-6,11-12H,7-10,13H2,1-2H3,(H,23,26). The van der Waals surface area contributed by atoms with Gasteiger partial charge in [0.05, 0.1) is 17.3 Å². The maximum Gasteiger partial charge on any atom is 0.238 e. The molecule has 0 aromatic heterocycles. The first kappa shape index (κ1) is 18.7. The average molecular weight is 376 g/mol. The quantitative estimate of drug-likeness (QED) is 0.881. The molecule has 3 rings (SSSR count). The molecule has 2 aromatic carbocycles. The largest absolute Gasteiger partial charge is 0.369 e. The Bertz CT molecular complexity index is 763. The minimum Gasteiger partial charge on any atom is -0.369 e. The summed E-state index contributed by atoms with van der Waals surface area (Å²) in [6.07, 6.45) is 0. The van der Waals surface area contributed by atoms with Crippen LogP contribution in [-0.4, -0.2) is 43.5 Å². The monoisotopic (exact) mass is 375 g/mol. The van der Waals surface area contributed by atoms with Gasteiger partial charge in [0.25, 0.3) is 0 Å². The number of aryl methyl sites for hydroxylation is 2. The van der Waals surface area contributed by atoms with E-state index in [1.54, 1.807) is 12.1 Å². The zero-order valence-corrected chi connectivity index (χ0v) is 15.8. The van der Waals surface area contributed by atoms with Crippen molar-refractivity contribution in [3.8, 4) is 0 Å². The number of nitrogens with zero attached hydrogens (tertiary/aromatic N) is 2. The minimum absolute atomic E-state index is 0.0610. The summed E-state index contributed by atoms with van der Waals surface area (Å²) in [6.45, 7) is 7.44. The fourth-order valence-electron chi connectivity index (χ4n) is 3.27. The minimum atomic E-state index is -0.228. The van der Waals surface area contributed by atoms with Crippen LogP contribution in [-0.2, 0) is 4.79 Å². The van der Waals surface area contributed by atoms with Crippen LogP contribution in [0.4, 0.5) is 15.8 Å². The van der Waals surface area contributed by atoms with E-state index in [1.807, 2.05) is 26.0 Å². The van der Waals surface area contributed by atoms with E-state index < -0.39 is 0 Å². The lowest BCUT2D eigenvalue weighted by atomic mass is 10.1. The topological polar surface area (TPSA) is 35.6 Å². The first-order valence-electron chi connectivity index (χ1n) is 8.72. The van der Waals surface area contributed by atoms with E-state index in [0.29, 0.717) is 17.3 Å². The number of hydrogen-bond acceptors (Lipinski definition) is 3. The van der Waals surface area contributed by atoms with E-state index in [4.69, 9.17) is 11.6 Å². The van der Waals surface area contributed by atoms with Crippen LogP contribution in [0.25, 0.3) is 0 Å². The normalized spacial score (nSPS) is 15.2. The lowest BCUT2D eigenvalue weighted by Gasteiger charge is -2.35. The molecular weight excluding hydrogens is 353 g/mol. The summed E-state index contributed by atoms with van der Waals surface area (Å²) in [5.41, 5.74) is 3.73. The lowest BCUT2D eigenvalue weighted by molar-refractivity contribution is -0.117. The van der Waals surface area contributed by atoms with Gasteiger partial charge in [0.1, 0.15) is 5.82 Å². The number of benzene rings is 2. The Hall–Kier alpha value is -2.11. The van der Waals surface area contributed by atoms with E-state index in [2.05, 4.69) is 15.1 Å². The molecule has 26 heavy (non-hydrogen) atoms. The van der Waals surface area contributed by atoms with Crippen LogP contribution in [0.2, 0.25) is 5.02 Å². The van der Waals surface area contributed by atoms with Crippen LogP contribution < -0.4 is 10.2 Å². The van der Waals surface area contributed by atoms with Gasteiger partial charge in [0.2, 0.25) is 5.91 Å². The van der Waals surface area contributed by atoms with Crippen molar-refractivity contribution < 1.29 is 9.18 Å². The van der Waals surface area contributed by atoms with Crippen LogP contribution in [0.15, 0.2) is 36.4 Å². The van der Waals surface area contributed by atoms with Gasteiger partial charge in [-0.25, -0.2) is 4.39 Å². The third-order valence-corrected chi connectivity index (χ3v) is 4.93. The molecule has 1 aliphatic heterocycles. The predicted octanol–water partition coefficient (Wildman–Crippen LogP) is 3.86. The van der Waals surface area contributed by atoms with Crippen molar-refractivity contribution in [1.82, 2.24) is 4.90 Å².